The van der Waals surface area contributed by atoms with Crippen LogP contribution < -0.4 is 5.32 Å². The van der Waals surface area contributed by atoms with E-state index in [0.717, 1.165) is 51.9 Å². The number of ether oxygens (including phenoxy) is 2. The molecule has 0 aliphatic carbocycles. The number of carbonyl (C=O) groups excluding carboxylic acids is 1. The minimum atomic E-state index is -0.00616. The number of hydrogen-bond donors (Lipinski definition) is 1. The highest BCUT2D eigenvalue weighted by molar-refractivity contribution is 5.48. The molecule has 5 heteroatoms. The van der Waals surface area contributed by atoms with Gasteiger partial charge in [-0.1, -0.05) is 0 Å². The molecule has 0 amide bonds. The minimum absolute atomic E-state index is 0.00616. The van der Waals surface area contributed by atoms with Crippen LogP contribution in [0.1, 0.15) is 39.5 Å². The quantitative estimate of drug-likeness (QED) is 0.338. The molecule has 0 fully saturated rings. The lowest BCUT2D eigenvalue weighted by atomic mass is 10.3. The molecule has 0 aromatic heterocycles. The van der Waals surface area contributed by atoms with E-state index in [1.807, 2.05) is 35.0 Å². The smallest absolute Gasteiger partial charge is 0.157 e. The number of unbranched alkanes of at least 4 members (excludes halogenated alkanes) is 1. The summed E-state index contributed by atoms with van der Waals surface area (Å²) < 4.78 is 10.8. The van der Waals surface area contributed by atoms with E-state index in [9.17, 15) is 4.79 Å². The predicted molar refractivity (Wildman–Crippen MR) is 84.1 cm³/mol. The number of aldehydes is 1. The van der Waals surface area contributed by atoms with Crippen LogP contribution in [0.2, 0.25) is 0 Å². The summed E-state index contributed by atoms with van der Waals surface area (Å²) in [5, 5.41) is 3.10. The van der Waals surface area contributed by atoms with Crippen LogP contribution in [0.25, 0.3) is 0 Å². The minimum Gasteiger partial charge on any atom is -0.353 e. The van der Waals surface area contributed by atoms with E-state index < -0.39 is 0 Å². The Kier molecular flexibility index (Phi) is 20.2. The van der Waals surface area contributed by atoms with Gasteiger partial charge in [-0.05, 0) is 67.3 Å². The second-order valence-electron chi connectivity index (χ2n) is 4.70. The third-order valence-corrected chi connectivity index (χ3v) is 2.50. The van der Waals surface area contributed by atoms with E-state index >= 15 is 0 Å². The lowest BCUT2D eigenvalue weighted by Crippen LogP contribution is -2.19. The standard InChI is InChI=1S/C9H21NO2.C6H13NO/c1-4-11-9(12-5-2)7-6-8-10-3;1-7(2)5-3-4-6-8/h9-10H,4-8H2,1-3H3;6H,3-5H2,1-2H3. The van der Waals surface area contributed by atoms with Crippen LogP contribution in [0.15, 0.2) is 0 Å². The summed E-state index contributed by atoms with van der Waals surface area (Å²) >= 11 is 0. The van der Waals surface area contributed by atoms with Gasteiger partial charge in [0.05, 0.1) is 0 Å². The summed E-state index contributed by atoms with van der Waals surface area (Å²) in [6, 6.07) is 0. The van der Waals surface area contributed by atoms with Crippen LogP contribution in [0.3, 0.4) is 0 Å². The number of nitrogens with one attached hydrogen (secondary N) is 1. The molecule has 0 radical (unpaired) electrons. The Labute approximate surface area is 125 Å². The number of carbonyl (C=O) groups is 1. The molecule has 0 unspecified atom stereocenters. The largest absolute Gasteiger partial charge is 0.353 e. The Morgan fingerprint density at radius 3 is 2.15 bits per heavy atom. The molecule has 0 aromatic rings. The SMILES string of the molecule is CCOC(CCCNC)OCC.CN(C)CCCC=O. The molecule has 5 nitrogen and oxygen atoms in total. The van der Waals surface area contributed by atoms with Crippen molar-refractivity contribution in [2.75, 3.05) is 47.4 Å². The molecule has 0 spiro atoms. The van der Waals surface area contributed by atoms with Crippen LogP contribution >= 0.6 is 0 Å². The maximum absolute atomic E-state index is 9.77. The molecule has 0 heterocycles. The van der Waals surface area contributed by atoms with Crippen LogP contribution in [0.4, 0.5) is 0 Å². The Bertz CT molecular complexity index is 184. The van der Waals surface area contributed by atoms with Gasteiger partial charge in [0.25, 0.3) is 0 Å². The average molecular weight is 290 g/mol. The second kappa shape index (κ2) is 18.5. The first kappa shape index (κ1) is 21.8. The molecule has 0 saturated carbocycles. The van der Waals surface area contributed by atoms with Crippen molar-refractivity contribution in [2.45, 2.75) is 45.8 Å². The average Bonchev–Trinajstić information content (AvgIpc) is 2.40. The zero-order valence-electron chi connectivity index (χ0n) is 14.0. The van der Waals surface area contributed by atoms with Gasteiger partial charge < -0.3 is 24.5 Å². The van der Waals surface area contributed by atoms with Gasteiger partial charge >= 0.3 is 0 Å². The van der Waals surface area contributed by atoms with E-state index in [-0.39, 0.29) is 6.29 Å². The lowest BCUT2D eigenvalue weighted by Gasteiger charge is -2.16. The topological polar surface area (TPSA) is 50.8 Å². The molecule has 0 atom stereocenters. The lowest BCUT2D eigenvalue weighted by molar-refractivity contribution is -0.139. The molecule has 1 N–H and O–H groups in total. The summed E-state index contributed by atoms with van der Waals surface area (Å²) in [6.45, 7) is 7.47. The molecule has 0 saturated heterocycles. The van der Waals surface area contributed by atoms with Crippen LogP contribution in [0, 0.1) is 0 Å². The molecule has 0 aliphatic rings. The van der Waals surface area contributed by atoms with Gasteiger partial charge in [0.15, 0.2) is 6.29 Å². The van der Waals surface area contributed by atoms with Crippen molar-refractivity contribution in [1.29, 1.82) is 0 Å². The monoisotopic (exact) mass is 290 g/mol. The molecule has 122 valence electrons. The van der Waals surface area contributed by atoms with Gasteiger partial charge in [-0.3, -0.25) is 0 Å². The highest BCUT2D eigenvalue weighted by atomic mass is 16.7. The number of hydrogen-bond acceptors (Lipinski definition) is 5. The normalized spacial score (nSPS) is 10.6. The van der Waals surface area contributed by atoms with E-state index in [1.165, 1.54) is 0 Å². The molecule has 0 rings (SSSR count). The van der Waals surface area contributed by atoms with Crippen molar-refractivity contribution in [2.24, 2.45) is 0 Å². The summed E-state index contributed by atoms with van der Waals surface area (Å²) in [4.78, 5) is 11.8. The summed E-state index contributed by atoms with van der Waals surface area (Å²) in [5.74, 6) is 0. The van der Waals surface area contributed by atoms with Gasteiger partial charge in [0, 0.05) is 19.6 Å². The third-order valence-electron chi connectivity index (χ3n) is 2.50. The van der Waals surface area contributed by atoms with E-state index in [2.05, 4.69) is 10.2 Å². The Hall–Kier alpha value is -0.490. The molecular weight excluding hydrogens is 256 g/mol. The number of rotatable bonds is 12. The zero-order chi connectivity index (χ0) is 15.6. The van der Waals surface area contributed by atoms with Crippen LogP contribution in [0.5, 0.6) is 0 Å². The molecule has 0 aliphatic heterocycles. The summed E-state index contributed by atoms with van der Waals surface area (Å²) in [5.41, 5.74) is 0. The molecule has 0 aromatic carbocycles. The Morgan fingerprint density at radius 1 is 1.15 bits per heavy atom. The first-order valence-electron chi connectivity index (χ1n) is 7.58. The van der Waals surface area contributed by atoms with Crippen LogP contribution in [-0.2, 0) is 14.3 Å². The highest BCUT2D eigenvalue weighted by Crippen LogP contribution is 2.03. The van der Waals surface area contributed by atoms with Gasteiger partial charge in [-0.15, -0.1) is 0 Å². The fraction of sp³-hybridized carbons (Fsp3) is 0.933. The van der Waals surface area contributed by atoms with Crippen LogP contribution in [-0.4, -0.2) is 64.9 Å². The fourth-order valence-corrected chi connectivity index (χ4v) is 1.52. The highest BCUT2D eigenvalue weighted by Gasteiger charge is 2.05. The van der Waals surface area contributed by atoms with E-state index in [0.29, 0.717) is 6.42 Å². The maximum Gasteiger partial charge on any atom is 0.157 e. The Balaban J connectivity index is 0. The van der Waals surface area contributed by atoms with Crippen molar-refractivity contribution in [3.8, 4) is 0 Å². The second-order valence-corrected chi connectivity index (χ2v) is 4.70. The Morgan fingerprint density at radius 2 is 1.75 bits per heavy atom. The summed E-state index contributed by atoms with van der Waals surface area (Å²) in [7, 11) is 5.96. The molecule has 20 heavy (non-hydrogen) atoms. The van der Waals surface area contributed by atoms with Gasteiger partial charge in [-0.25, -0.2) is 0 Å². The third kappa shape index (κ3) is 19.8. The molecule has 0 bridgehead atoms. The number of nitrogens with zero attached hydrogens (tertiary/aromatic N) is 1. The van der Waals surface area contributed by atoms with E-state index in [1.54, 1.807) is 0 Å². The van der Waals surface area contributed by atoms with Crippen molar-refractivity contribution >= 4 is 6.29 Å². The predicted octanol–water partition coefficient (Wildman–Crippen LogP) is 1.91. The fourth-order valence-electron chi connectivity index (χ4n) is 1.52. The van der Waals surface area contributed by atoms with Gasteiger partial charge in [0.2, 0.25) is 0 Å². The van der Waals surface area contributed by atoms with Crippen molar-refractivity contribution in [3.63, 3.8) is 0 Å². The van der Waals surface area contributed by atoms with Crippen molar-refractivity contribution < 1.29 is 14.3 Å². The summed E-state index contributed by atoms with van der Waals surface area (Å²) in [6.07, 6.45) is 4.70. The van der Waals surface area contributed by atoms with Gasteiger partial charge in [0.1, 0.15) is 6.29 Å². The first-order chi connectivity index (χ1) is 9.62. The van der Waals surface area contributed by atoms with Crippen molar-refractivity contribution in [1.82, 2.24) is 10.2 Å². The zero-order valence-corrected chi connectivity index (χ0v) is 14.0. The van der Waals surface area contributed by atoms with E-state index in [4.69, 9.17) is 9.47 Å². The van der Waals surface area contributed by atoms with Crippen molar-refractivity contribution in [3.05, 3.63) is 0 Å². The first-order valence-corrected chi connectivity index (χ1v) is 7.58. The van der Waals surface area contributed by atoms with Gasteiger partial charge in [-0.2, -0.15) is 0 Å². The maximum atomic E-state index is 9.77. The molecular formula is C15H34N2O3.